The van der Waals surface area contributed by atoms with Crippen LogP contribution >= 0.6 is 23.2 Å². The number of hydrogen-bond acceptors (Lipinski definition) is 5. The summed E-state index contributed by atoms with van der Waals surface area (Å²) in [6.07, 6.45) is -0.0204. The number of nitrogens with one attached hydrogen (secondary N) is 1. The van der Waals surface area contributed by atoms with Gasteiger partial charge in [-0.15, -0.1) is 0 Å². The first-order valence-electron chi connectivity index (χ1n) is 9.61. The van der Waals surface area contributed by atoms with E-state index in [0.717, 1.165) is 0 Å². The standard InChI is InChI=1S/C21H33Cl2NO4Si/c1-20(2,3)27-19(26)17(24-9-10-25)18(28-29(7,8)21(4,5)6)14-11-15(22)13-16(23)12-14/h10-13,17-18,24H,9H2,1-8H3/t17?,18-/m1/s1. The van der Waals surface area contributed by atoms with E-state index in [1.807, 2.05) is 0 Å². The second kappa shape index (κ2) is 9.92. The van der Waals surface area contributed by atoms with Gasteiger partial charge in [0.2, 0.25) is 0 Å². The Labute approximate surface area is 185 Å². The zero-order valence-electron chi connectivity index (χ0n) is 18.6. The van der Waals surface area contributed by atoms with Crippen LogP contribution in [-0.4, -0.2) is 38.8 Å². The van der Waals surface area contributed by atoms with Gasteiger partial charge < -0.3 is 14.0 Å². The highest BCUT2D eigenvalue weighted by atomic mass is 35.5. The third-order valence-corrected chi connectivity index (χ3v) is 9.72. The Morgan fingerprint density at radius 1 is 1.10 bits per heavy atom. The highest BCUT2D eigenvalue weighted by molar-refractivity contribution is 6.74. The predicted octanol–water partition coefficient (Wildman–Crippen LogP) is 5.56. The molecule has 0 aliphatic heterocycles. The summed E-state index contributed by atoms with van der Waals surface area (Å²) in [4.78, 5) is 24.1. The first kappa shape index (κ1) is 26.1. The maximum Gasteiger partial charge on any atom is 0.326 e. The van der Waals surface area contributed by atoms with Gasteiger partial charge in [-0.1, -0.05) is 44.0 Å². The van der Waals surface area contributed by atoms with E-state index in [-0.39, 0.29) is 11.6 Å². The van der Waals surface area contributed by atoms with Gasteiger partial charge in [0.15, 0.2) is 8.32 Å². The summed E-state index contributed by atoms with van der Waals surface area (Å²) in [7, 11) is -2.31. The predicted molar refractivity (Wildman–Crippen MR) is 121 cm³/mol. The molecule has 1 unspecified atom stereocenters. The van der Waals surface area contributed by atoms with Crippen molar-refractivity contribution in [1.82, 2.24) is 5.32 Å². The Balaban J connectivity index is 3.50. The van der Waals surface area contributed by atoms with E-state index in [1.165, 1.54) is 0 Å². The smallest absolute Gasteiger partial charge is 0.326 e. The Bertz CT molecular complexity index is 706. The summed E-state index contributed by atoms with van der Waals surface area (Å²) in [6.45, 7) is 15.9. The first-order valence-corrected chi connectivity index (χ1v) is 13.3. The minimum absolute atomic E-state index is 0.0183. The number of benzene rings is 1. The lowest BCUT2D eigenvalue weighted by Crippen LogP contribution is -2.51. The molecule has 1 rings (SSSR count). The fourth-order valence-electron chi connectivity index (χ4n) is 2.42. The number of ether oxygens (including phenoxy) is 1. The molecular weight excluding hydrogens is 429 g/mol. The molecule has 0 aliphatic carbocycles. The monoisotopic (exact) mass is 461 g/mol. The van der Waals surface area contributed by atoms with E-state index in [0.29, 0.717) is 21.9 Å². The minimum Gasteiger partial charge on any atom is -0.459 e. The van der Waals surface area contributed by atoms with Gasteiger partial charge in [0.1, 0.15) is 17.9 Å². The quantitative estimate of drug-likeness (QED) is 0.312. The lowest BCUT2D eigenvalue weighted by atomic mass is 10.0. The van der Waals surface area contributed by atoms with Gasteiger partial charge in [-0.05, 0) is 62.7 Å². The van der Waals surface area contributed by atoms with Gasteiger partial charge in [0, 0.05) is 10.0 Å². The van der Waals surface area contributed by atoms with Crippen LogP contribution < -0.4 is 5.32 Å². The third-order valence-electron chi connectivity index (χ3n) is 4.83. The van der Waals surface area contributed by atoms with E-state index >= 15 is 0 Å². The summed E-state index contributed by atoms with van der Waals surface area (Å²) in [5, 5.41) is 3.75. The molecule has 0 aromatic heterocycles. The molecule has 2 atom stereocenters. The Hall–Kier alpha value is -0.923. The molecule has 0 aliphatic rings. The highest BCUT2D eigenvalue weighted by Crippen LogP contribution is 2.41. The van der Waals surface area contributed by atoms with Crippen molar-refractivity contribution in [2.45, 2.75) is 77.4 Å². The number of carbonyl (C=O) groups excluding carboxylic acids is 2. The van der Waals surface area contributed by atoms with E-state index in [4.69, 9.17) is 32.4 Å². The van der Waals surface area contributed by atoms with Crippen molar-refractivity contribution in [3.8, 4) is 0 Å². The summed E-state index contributed by atoms with van der Waals surface area (Å²) in [5.74, 6) is -0.501. The van der Waals surface area contributed by atoms with Gasteiger partial charge in [0.25, 0.3) is 0 Å². The largest absolute Gasteiger partial charge is 0.459 e. The van der Waals surface area contributed by atoms with Crippen LogP contribution in [0.2, 0.25) is 28.2 Å². The lowest BCUT2D eigenvalue weighted by molar-refractivity contribution is -0.160. The van der Waals surface area contributed by atoms with Crippen LogP contribution in [0.15, 0.2) is 18.2 Å². The molecule has 0 fully saturated rings. The van der Waals surface area contributed by atoms with Crippen molar-refractivity contribution < 1.29 is 18.8 Å². The molecule has 0 bridgehead atoms. The lowest BCUT2D eigenvalue weighted by Gasteiger charge is -2.41. The molecule has 1 aromatic rings. The van der Waals surface area contributed by atoms with Crippen molar-refractivity contribution in [2.24, 2.45) is 0 Å². The molecule has 0 amide bonds. The highest BCUT2D eigenvalue weighted by Gasteiger charge is 2.43. The maximum atomic E-state index is 13.1. The minimum atomic E-state index is -2.31. The summed E-state index contributed by atoms with van der Waals surface area (Å²) in [5.41, 5.74) is -0.0346. The van der Waals surface area contributed by atoms with E-state index in [2.05, 4.69) is 39.2 Å². The van der Waals surface area contributed by atoms with Crippen LogP contribution in [0, 0.1) is 0 Å². The third kappa shape index (κ3) is 8.02. The van der Waals surface area contributed by atoms with Crippen LogP contribution in [-0.2, 0) is 18.8 Å². The topological polar surface area (TPSA) is 64.6 Å². The van der Waals surface area contributed by atoms with Crippen LogP contribution in [0.4, 0.5) is 0 Å². The molecule has 5 nitrogen and oxygen atoms in total. The van der Waals surface area contributed by atoms with Crippen molar-refractivity contribution in [3.63, 3.8) is 0 Å². The molecule has 0 spiro atoms. The average Bonchev–Trinajstić information content (AvgIpc) is 2.50. The molecule has 0 saturated carbocycles. The number of esters is 1. The molecule has 29 heavy (non-hydrogen) atoms. The van der Waals surface area contributed by atoms with E-state index in [1.54, 1.807) is 39.0 Å². The molecular formula is C21H33Cl2NO4Si. The summed E-state index contributed by atoms with van der Waals surface area (Å²) < 4.78 is 12.2. The van der Waals surface area contributed by atoms with Crippen molar-refractivity contribution in [3.05, 3.63) is 33.8 Å². The maximum absolute atomic E-state index is 13.1. The van der Waals surface area contributed by atoms with Crippen molar-refractivity contribution in [2.75, 3.05) is 6.54 Å². The van der Waals surface area contributed by atoms with E-state index in [9.17, 15) is 9.59 Å². The SMILES string of the molecule is CC(C)(C)OC(=O)C(NCC=O)[C@H](O[Si](C)(C)C(C)(C)C)c1cc(Cl)cc(Cl)c1. The molecule has 0 radical (unpaired) electrons. The van der Waals surface area contributed by atoms with Gasteiger partial charge >= 0.3 is 5.97 Å². The number of halogens is 2. The van der Waals surface area contributed by atoms with Gasteiger partial charge in [-0.3, -0.25) is 10.1 Å². The molecule has 164 valence electrons. The Morgan fingerprint density at radius 3 is 2.03 bits per heavy atom. The normalized spacial score (nSPS) is 15.0. The van der Waals surface area contributed by atoms with Gasteiger partial charge in [0.05, 0.1) is 12.6 Å². The second-order valence-electron chi connectivity index (χ2n) is 9.59. The molecule has 1 N–H and O–H groups in total. The first-order chi connectivity index (χ1) is 13.1. The van der Waals surface area contributed by atoms with Crippen LogP contribution in [0.3, 0.4) is 0 Å². The summed E-state index contributed by atoms with van der Waals surface area (Å²) in [6, 6.07) is 4.18. The van der Waals surface area contributed by atoms with E-state index < -0.39 is 32.0 Å². The zero-order valence-corrected chi connectivity index (χ0v) is 21.1. The molecule has 8 heteroatoms. The van der Waals surface area contributed by atoms with Crippen LogP contribution in [0.1, 0.15) is 53.2 Å². The number of rotatable bonds is 8. The molecule has 1 aromatic carbocycles. The Kier molecular flexibility index (Phi) is 8.93. The molecule has 0 heterocycles. The average molecular weight is 462 g/mol. The number of hydrogen-bond donors (Lipinski definition) is 1. The fourth-order valence-corrected chi connectivity index (χ4v) is 4.22. The van der Waals surface area contributed by atoms with Crippen LogP contribution in [0.5, 0.6) is 0 Å². The fraction of sp³-hybridized carbons (Fsp3) is 0.619. The van der Waals surface area contributed by atoms with Gasteiger partial charge in [-0.25, -0.2) is 0 Å². The van der Waals surface area contributed by atoms with Gasteiger partial charge in [-0.2, -0.15) is 0 Å². The second-order valence-corrected chi connectivity index (χ2v) is 15.2. The number of aldehydes is 1. The van der Waals surface area contributed by atoms with Crippen molar-refractivity contribution in [1.29, 1.82) is 0 Å². The number of carbonyl (C=O) groups is 2. The zero-order chi connectivity index (χ0) is 22.6. The van der Waals surface area contributed by atoms with Crippen LogP contribution in [0.25, 0.3) is 0 Å². The molecule has 0 saturated heterocycles. The van der Waals surface area contributed by atoms with Crippen molar-refractivity contribution >= 4 is 43.8 Å². The summed E-state index contributed by atoms with van der Waals surface area (Å²) >= 11 is 12.5. The Morgan fingerprint density at radius 2 is 1.62 bits per heavy atom.